The molecule has 1 rings (SSSR count). The van der Waals surface area contributed by atoms with Crippen LogP contribution in [0.4, 0.5) is 4.79 Å². The van der Waals surface area contributed by atoms with Crippen molar-refractivity contribution in [2.45, 2.75) is 26.2 Å². The summed E-state index contributed by atoms with van der Waals surface area (Å²) in [5, 5.41) is 2.91. The third kappa shape index (κ3) is 2.45. The van der Waals surface area contributed by atoms with Crippen molar-refractivity contribution in [1.29, 1.82) is 0 Å². The van der Waals surface area contributed by atoms with Crippen LogP contribution in [0.2, 0.25) is 0 Å². The summed E-state index contributed by atoms with van der Waals surface area (Å²) < 4.78 is 0. The van der Waals surface area contributed by atoms with Crippen LogP contribution in [0.5, 0.6) is 0 Å². The van der Waals surface area contributed by atoms with Gasteiger partial charge in [-0.1, -0.05) is 6.92 Å². The van der Waals surface area contributed by atoms with Crippen LogP contribution in [0.1, 0.15) is 26.2 Å². The molecule has 6 nitrogen and oxygen atoms in total. The third-order valence-electron chi connectivity index (χ3n) is 1.70. The molecule has 6 heteroatoms. The molecule has 0 unspecified atom stereocenters. The van der Waals surface area contributed by atoms with Crippen molar-refractivity contribution in [2.24, 2.45) is 0 Å². The van der Waals surface area contributed by atoms with Crippen molar-refractivity contribution < 1.29 is 19.2 Å². The molecule has 1 aliphatic heterocycles. The molecule has 0 atom stereocenters. The largest absolute Gasteiger partial charge is 0.432 e. The molecular formula is C8H12N2O4. The van der Waals surface area contributed by atoms with E-state index in [0.717, 1.165) is 6.42 Å². The summed E-state index contributed by atoms with van der Waals surface area (Å²) in [4.78, 5) is 37.5. The standard InChI is InChI=1S/C8H12N2O4/c1-2-5-9-8(13)14-10-6(11)3-4-7(10)12/h2-5H2,1H3,(H,9,13)/i1+1,2+1,5+1,8+1. The molecule has 1 saturated heterocycles. The Kier molecular flexibility index (Phi) is 3.44. The van der Waals surface area contributed by atoms with Gasteiger partial charge in [0.2, 0.25) is 0 Å². The smallest absolute Gasteiger partial charge is 0.320 e. The highest BCUT2D eigenvalue weighted by Gasteiger charge is 2.32. The van der Waals surface area contributed by atoms with Gasteiger partial charge in [-0.05, 0) is 6.42 Å². The molecule has 14 heavy (non-hydrogen) atoms. The number of imide groups is 1. The first-order valence-electron chi connectivity index (χ1n) is 4.46. The average molecular weight is 204 g/mol. The molecule has 3 amide bonds. The van der Waals surface area contributed by atoms with E-state index in [1.54, 1.807) is 0 Å². The lowest BCUT2D eigenvalue weighted by atomic mass is 10.4. The van der Waals surface area contributed by atoms with E-state index in [0.29, 0.717) is 11.6 Å². The zero-order chi connectivity index (χ0) is 10.6. The number of rotatable bonds is 3. The molecule has 1 heterocycles. The van der Waals surface area contributed by atoms with Gasteiger partial charge in [0.25, 0.3) is 11.8 Å². The molecule has 0 aromatic rings. The van der Waals surface area contributed by atoms with E-state index in [4.69, 9.17) is 0 Å². The summed E-state index contributed by atoms with van der Waals surface area (Å²) in [5.41, 5.74) is 0. The number of amides is 3. The fourth-order valence-corrected chi connectivity index (χ4v) is 1.00. The summed E-state index contributed by atoms with van der Waals surface area (Å²) in [6.07, 6.45) is 0.215. The van der Waals surface area contributed by atoms with Crippen LogP contribution >= 0.6 is 0 Å². The molecule has 0 radical (unpaired) electrons. The van der Waals surface area contributed by atoms with E-state index in [9.17, 15) is 14.4 Å². The lowest BCUT2D eigenvalue weighted by Crippen LogP contribution is -2.37. The zero-order valence-corrected chi connectivity index (χ0v) is 7.91. The molecule has 0 spiro atoms. The van der Waals surface area contributed by atoms with Crippen LogP contribution in [0.25, 0.3) is 0 Å². The monoisotopic (exact) mass is 204 g/mol. The van der Waals surface area contributed by atoms with Gasteiger partial charge in [0.1, 0.15) is 0 Å². The first-order chi connectivity index (χ1) is 6.65. The lowest BCUT2D eigenvalue weighted by molar-refractivity contribution is -0.171. The summed E-state index contributed by atoms with van der Waals surface area (Å²) in [6, 6.07) is 0. The van der Waals surface area contributed by atoms with Crippen molar-refractivity contribution in [2.75, 3.05) is 6.54 Å². The molecule has 0 aromatic carbocycles. The minimum absolute atomic E-state index is 0.111. The maximum Gasteiger partial charge on any atom is 0.432 e. The summed E-state index contributed by atoms with van der Waals surface area (Å²) in [5.74, 6) is -0.941. The average Bonchev–Trinajstić information content (AvgIpc) is 2.46. The van der Waals surface area contributed by atoms with Crippen LogP contribution in [0.3, 0.4) is 0 Å². The van der Waals surface area contributed by atoms with Gasteiger partial charge < -0.3 is 10.2 Å². The van der Waals surface area contributed by atoms with Crippen molar-refractivity contribution in [3.05, 3.63) is 0 Å². The van der Waals surface area contributed by atoms with Gasteiger partial charge in [-0.15, -0.1) is 5.06 Å². The number of nitrogens with one attached hydrogen (secondary N) is 1. The Morgan fingerprint density at radius 2 is 2.00 bits per heavy atom. The SMILES string of the molecule is [13CH3][13CH2][13CH2]N[13C](=O)ON1C(=O)CCC1=O. The van der Waals surface area contributed by atoms with Gasteiger partial charge in [-0.2, -0.15) is 0 Å². The highest BCUT2D eigenvalue weighted by molar-refractivity contribution is 6.01. The van der Waals surface area contributed by atoms with Gasteiger partial charge in [-0.3, -0.25) is 9.59 Å². The quantitative estimate of drug-likeness (QED) is 0.525. The molecule has 1 N–H and O–H groups in total. The van der Waals surface area contributed by atoms with Gasteiger partial charge in [0.05, 0.1) is 0 Å². The predicted octanol–water partition coefficient (Wildman–Crippen LogP) is 0.187. The number of carbonyl (C=O) groups is 3. The van der Waals surface area contributed by atoms with Crippen molar-refractivity contribution in [3.8, 4) is 0 Å². The van der Waals surface area contributed by atoms with Crippen LogP contribution in [-0.2, 0) is 14.4 Å². The first kappa shape index (κ1) is 10.5. The van der Waals surface area contributed by atoms with Crippen molar-refractivity contribution in [3.63, 3.8) is 0 Å². The van der Waals surface area contributed by atoms with Crippen molar-refractivity contribution >= 4 is 17.9 Å². The van der Waals surface area contributed by atoms with E-state index in [1.165, 1.54) is 0 Å². The summed E-state index contributed by atoms with van der Waals surface area (Å²) in [7, 11) is 0. The van der Waals surface area contributed by atoms with Gasteiger partial charge in [-0.25, -0.2) is 4.79 Å². The Morgan fingerprint density at radius 1 is 1.43 bits per heavy atom. The third-order valence-corrected chi connectivity index (χ3v) is 1.70. The van der Waals surface area contributed by atoms with E-state index in [2.05, 4.69) is 10.2 Å². The molecule has 78 valence electrons. The van der Waals surface area contributed by atoms with Crippen LogP contribution in [-0.4, -0.2) is 29.5 Å². The van der Waals surface area contributed by atoms with Crippen LogP contribution in [0.15, 0.2) is 0 Å². The lowest BCUT2D eigenvalue weighted by Gasteiger charge is -2.12. The Morgan fingerprint density at radius 3 is 2.50 bits per heavy atom. The van der Waals surface area contributed by atoms with E-state index >= 15 is 0 Å². The highest BCUT2D eigenvalue weighted by Crippen LogP contribution is 2.11. The Hall–Kier alpha value is -1.59. The molecule has 1 aliphatic rings. The topological polar surface area (TPSA) is 75.7 Å². The molecule has 0 bridgehead atoms. The predicted molar refractivity (Wildman–Crippen MR) is 45.9 cm³/mol. The minimum Gasteiger partial charge on any atom is -0.320 e. The number of hydrogen-bond acceptors (Lipinski definition) is 4. The molecular weight excluding hydrogens is 192 g/mol. The Balaban J connectivity index is 2.39. The van der Waals surface area contributed by atoms with Crippen molar-refractivity contribution in [1.82, 2.24) is 10.4 Å². The molecule has 0 aromatic heterocycles. The van der Waals surface area contributed by atoms with Gasteiger partial charge in [0.15, 0.2) is 0 Å². The van der Waals surface area contributed by atoms with Crippen LogP contribution in [0, 0.1) is 0 Å². The summed E-state index contributed by atoms with van der Waals surface area (Å²) in [6.45, 7) is 2.33. The zero-order valence-electron chi connectivity index (χ0n) is 7.91. The maximum atomic E-state index is 11.0. The second-order valence-corrected chi connectivity index (χ2v) is 2.89. The molecule has 0 aliphatic carbocycles. The summed E-state index contributed by atoms with van der Waals surface area (Å²) >= 11 is 0. The van der Waals surface area contributed by atoms with Gasteiger partial charge >= 0.3 is 6.09 Å². The van der Waals surface area contributed by atoms with Crippen LogP contribution < -0.4 is 5.32 Å². The fraction of sp³-hybridized carbons (Fsp3) is 0.625. The van der Waals surface area contributed by atoms with Gasteiger partial charge in [0, 0.05) is 19.4 Å². The van der Waals surface area contributed by atoms with E-state index < -0.39 is 17.9 Å². The number of nitrogens with zero attached hydrogens (tertiary/aromatic N) is 1. The minimum atomic E-state index is -0.768. The first-order valence-corrected chi connectivity index (χ1v) is 4.46. The normalized spacial score (nSPS) is 15.9. The highest BCUT2D eigenvalue weighted by atomic mass is 16.8. The second kappa shape index (κ2) is 4.59. The Bertz CT molecular complexity index is 248. The van der Waals surface area contributed by atoms with E-state index in [-0.39, 0.29) is 12.8 Å². The number of hydrogen-bond donors (Lipinski definition) is 1. The molecule has 1 fully saturated rings. The maximum absolute atomic E-state index is 11.0. The van der Waals surface area contributed by atoms with E-state index in [1.807, 2.05) is 6.92 Å². The second-order valence-electron chi connectivity index (χ2n) is 2.89. The molecule has 0 saturated carbocycles. The fourth-order valence-electron chi connectivity index (χ4n) is 1.00. The number of hydroxylamine groups is 2. The number of carbonyl (C=O) groups excluding carboxylic acids is 3. The Labute approximate surface area is 81.1 Å².